The van der Waals surface area contributed by atoms with E-state index >= 15 is 0 Å². The maximum absolute atomic E-state index is 13.8. The number of nitrogens with one attached hydrogen (secondary N) is 4. The van der Waals surface area contributed by atoms with Crippen LogP contribution in [0.3, 0.4) is 0 Å². The average Bonchev–Trinajstić information content (AvgIpc) is 3.08. The van der Waals surface area contributed by atoms with Crippen LogP contribution in [0.5, 0.6) is 0 Å². The predicted octanol–water partition coefficient (Wildman–Crippen LogP) is 5.87. The maximum atomic E-state index is 13.8. The lowest BCUT2D eigenvalue weighted by Gasteiger charge is -2.35. The topological polar surface area (TPSA) is 138 Å². The summed E-state index contributed by atoms with van der Waals surface area (Å²) in [6.45, 7) is 12.1. The van der Waals surface area contributed by atoms with Gasteiger partial charge in [-0.1, -0.05) is 126 Å². The Bertz CT molecular complexity index is 1490. The Hall–Kier alpha value is -4.41. The summed E-state index contributed by atoms with van der Waals surface area (Å²) in [5.41, 5.74) is 3.30. The molecule has 5 atom stereocenters. The quantitative estimate of drug-likeness (QED) is 0.135. The molecule has 0 aliphatic rings. The third-order valence-electron chi connectivity index (χ3n) is 8.86. The van der Waals surface area contributed by atoms with Gasteiger partial charge in [-0.05, 0) is 52.3 Å². The third-order valence-corrected chi connectivity index (χ3v) is 8.86. The summed E-state index contributed by atoms with van der Waals surface area (Å²) in [5, 5.41) is 24.3. The summed E-state index contributed by atoms with van der Waals surface area (Å²) in [7, 11) is 2.59. The molecule has 3 aromatic rings. The Kier molecular flexibility index (Phi) is 14.8. The molecule has 0 saturated heterocycles. The summed E-state index contributed by atoms with van der Waals surface area (Å²) in [5.74, 6) is -0.368. The van der Waals surface area contributed by atoms with Crippen LogP contribution in [0.4, 0.5) is 9.59 Å². The van der Waals surface area contributed by atoms with Crippen LogP contribution in [0, 0.1) is 10.8 Å². The molecule has 272 valence electrons. The smallest absolute Gasteiger partial charge is 0.407 e. The van der Waals surface area contributed by atoms with Crippen LogP contribution in [0.1, 0.15) is 59.1 Å². The number of aliphatic hydroxyl groups excluding tert-OH is 1. The number of benzene rings is 3. The zero-order valence-electron chi connectivity index (χ0n) is 30.8. The average molecular weight is 689 g/mol. The molecule has 0 unspecified atom stereocenters. The maximum Gasteiger partial charge on any atom is 0.407 e. The molecule has 50 heavy (non-hydrogen) atoms. The van der Waals surface area contributed by atoms with Crippen molar-refractivity contribution in [3.05, 3.63) is 96.1 Å². The number of hydrogen-bond acceptors (Lipinski definition) is 7. The number of rotatable bonds is 15. The fraction of sp³-hybridized carbons (Fsp3) is 0.475. The normalized spacial score (nSPS) is 14.7. The summed E-state index contributed by atoms with van der Waals surface area (Å²) in [6, 6.07) is 26.1. The lowest BCUT2D eigenvalue weighted by molar-refractivity contribution is -0.126. The molecular formula is C40H56N4O6. The monoisotopic (exact) mass is 688 g/mol. The number of amides is 3. The summed E-state index contributed by atoms with van der Waals surface area (Å²) in [6.07, 6.45) is -0.952. The minimum Gasteiger partial charge on any atom is -0.453 e. The van der Waals surface area contributed by atoms with Gasteiger partial charge in [-0.15, -0.1) is 0 Å². The zero-order valence-corrected chi connectivity index (χ0v) is 30.8. The van der Waals surface area contributed by atoms with Gasteiger partial charge in [-0.3, -0.25) is 4.79 Å². The van der Waals surface area contributed by atoms with Gasteiger partial charge in [-0.25, -0.2) is 9.59 Å². The van der Waals surface area contributed by atoms with E-state index in [1.807, 2.05) is 90.1 Å². The highest BCUT2D eigenvalue weighted by Gasteiger charge is 2.35. The van der Waals surface area contributed by atoms with Crippen molar-refractivity contribution in [1.82, 2.24) is 21.3 Å². The van der Waals surface area contributed by atoms with E-state index in [9.17, 15) is 19.5 Å². The molecule has 0 saturated carbocycles. The first-order valence-corrected chi connectivity index (χ1v) is 17.2. The van der Waals surface area contributed by atoms with E-state index in [-0.39, 0.29) is 23.8 Å². The first-order chi connectivity index (χ1) is 23.6. The van der Waals surface area contributed by atoms with Gasteiger partial charge in [0.2, 0.25) is 5.91 Å². The van der Waals surface area contributed by atoms with Crippen molar-refractivity contribution in [2.45, 2.75) is 91.1 Å². The van der Waals surface area contributed by atoms with Gasteiger partial charge in [0.15, 0.2) is 0 Å². The first kappa shape index (κ1) is 40.0. The van der Waals surface area contributed by atoms with Gasteiger partial charge < -0.3 is 35.8 Å². The van der Waals surface area contributed by atoms with Crippen LogP contribution < -0.4 is 21.3 Å². The fourth-order valence-corrected chi connectivity index (χ4v) is 5.79. The van der Waals surface area contributed by atoms with Crippen LogP contribution in [0.2, 0.25) is 0 Å². The van der Waals surface area contributed by atoms with E-state index in [4.69, 9.17) is 9.47 Å². The van der Waals surface area contributed by atoms with Gasteiger partial charge in [-0.2, -0.15) is 0 Å². The molecule has 0 spiro atoms. The zero-order chi connectivity index (χ0) is 36.9. The summed E-state index contributed by atoms with van der Waals surface area (Å²) >= 11 is 0. The highest BCUT2D eigenvalue weighted by molar-refractivity contribution is 5.86. The molecule has 0 radical (unpaired) electrons. The fourth-order valence-electron chi connectivity index (χ4n) is 5.79. The Labute approximate surface area is 297 Å². The molecule has 5 N–H and O–H groups in total. The van der Waals surface area contributed by atoms with E-state index in [0.717, 1.165) is 22.3 Å². The number of alkyl carbamates (subject to hydrolysis) is 2. The molecule has 10 nitrogen and oxygen atoms in total. The Morgan fingerprint density at radius 1 is 0.660 bits per heavy atom. The van der Waals surface area contributed by atoms with Crippen LogP contribution in [-0.2, 0) is 27.1 Å². The SMILES string of the molecule is COC(=O)N[C@H](C(=O)N[C@@H](Cc1ccccc1)C[C@H](O)[C@H](Cc1ccc(-c2ccccc2)cc1)NC[C@@H](NC(=O)OC)C(C)(C)C)C(C)(C)C. The van der Waals surface area contributed by atoms with Gasteiger partial charge in [0.25, 0.3) is 0 Å². The highest BCUT2D eigenvalue weighted by atomic mass is 16.5. The third kappa shape index (κ3) is 12.8. The van der Waals surface area contributed by atoms with Crippen molar-refractivity contribution < 1.29 is 29.0 Å². The van der Waals surface area contributed by atoms with E-state index in [1.54, 1.807) is 0 Å². The largest absolute Gasteiger partial charge is 0.453 e. The molecular weight excluding hydrogens is 632 g/mol. The van der Waals surface area contributed by atoms with Crippen molar-refractivity contribution in [3.63, 3.8) is 0 Å². The molecule has 3 amide bonds. The summed E-state index contributed by atoms with van der Waals surface area (Å²) in [4.78, 5) is 38.2. The second-order valence-electron chi connectivity index (χ2n) is 15.0. The van der Waals surface area contributed by atoms with Crippen molar-refractivity contribution in [3.8, 4) is 11.1 Å². The van der Waals surface area contributed by atoms with Crippen molar-refractivity contribution >= 4 is 18.1 Å². The number of carbonyl (C=O) groups is 3. The van der Waals surface area contributed by atoms with Crippen molar-refractivity contribution in [2.75, 3.05) is 20.8 Å². The van der Waals surface area contributed by atoms with E-state index in [2.05, 4.69) is 57.7 Å². The molecule has 0 aromatic heterocycles. The molecule has 0 aliphatic heterocycles. The van der Waals surface area contributed by atoms with Gasteiger partial charge >= 0.3 is 12.2 Å². The molecule has 0 fully saturated rings. The minimum atomic E-state index is -0.904. The second kappa shape index (κ2) is 18.5. The molecule has 3 aromatic carbocycles. The number of carbonyl (C=O) groups excluding carboxylic acids is 3. The van der Waals surface area contributed by atoms with Crippen LogP contribution in [-0.4, -0.2) is 74.2 Å². The Balaban J connectivity index is 1.91. The van der Waals surface area contributed by atoms with Crippen molar-refractivity contribution in [1.29, 1.82) is 0 Å². The Morgan fingerprint density at radius 3 is 1.72 bits per heavy atom. The van der Waals surface area contributed by atoms with Crippen molar-refractivity contribution in [2.24, 2.45) is 10.8 Å². The lowest BCUT2D eigenvalue weighted by Crippen LogP contribution is -2.57. The lowest BCUT2D eigenvalue weighted by atomic mass is 9.85. The summed E-state index contributed by atoms with van der Waals surface area (Å²) < 4.78 is 9.69. The minimum absolute atomic E-state index is 0.222. The van der Waals surface area contributed by atoms with Crippen LogP contribution in [0.25, 0.3) is 11.1 Å². The molecule has 3 rings (SSSR count). The van der Waals surface area contributed by atoms with E-state index in [0.29, 0.717) is 19.4 Å². The highest BCUT2D eigenvalue weighted by Crippen LogP contribution is 2.24. The Morgan fingerprint density at radius 2 is 1.18 bits per heavy atom. The number of methoxy groups -OCH3 is 2. The first-order valence-electron chi connectivity index (χ1n) is 17.2. The van der Waals surface area contributed by atoms with E-state index < -0.39 is 41.8 Å². The van der Waals surface area contributed by atoms with Gasteiger partial charge in [0.1, 0.15) is 6.04 Å². The van der Waals surface area contributed by atoms with Crippen LogP contribution in [0.15, 0.2) is 84.9 Å². The van der Waals surface area contributed by atoms with Gasteiger partial charge in [0, 0.05) is 24.7 Å². The molecule has 0 bridgehead atoms. The molecule has 0 aliphatic carbocycles. The second-order valence-corrected chi connectivity index (χ2v) is 15.0. The van der Waals surface area contributed by atoms with Gasteiger partial charge in [0.05, 0.1) is 20.3 Å². The number of ether oxygens (including phenoxy) is 2. The standard InChI is InChI=1S/C40H56N4O6/c1-39(2,3)34(43-37(47)49-7)26-41-32(24-28-19-21-30(22-20-28)29-17-13-10-14-18-29)33(45)25-31(23-27-15-11-9-12-16-27)42-36(46)35(40(4,5)6)44-38(48)50-8/h9-22,31-35,41,45H,23-26H2,1-8H3,(H,42,46)(H,43,47)(H,44,48)/t31-,32-,33-,34+,35+/m0/s1. The molecule has 10 heteroatoms. The van der Waals surface area contributed by atoms with Crippen LogP contribution >= 0.6 is 0 Å². The molecule has 0 heterocycles. The van der Waals surface area contributed by atoms with E-state index in [1.165, 1.54) is 14.2 Å². The predicted molar refractivity (Wildman–Crippen MR) is 198 cm³/mol. The number of hydrogen-bond donors (Lipinski definition) is 5. The number of aliphatic hydroxyl groups is 1.